The average molecular weight is 314 g/mol. The van der Waals surface area contributed by atoms with Gasteiger partial charge in [0.05, 0.1) is 19.0 Å². The number of amides is 2. The Morgan fingerprint density at radius 1 is 1.22 bits per heavy atom. The molecule has 1 aliphatic rings. The summed E-state index contributed by atoms with van der Waals surface area (Å²) in [7, 11) is 0. The number of rotatable bonds is 3. The van der Waals surface area contributed by atoms with Gasteiger partial charge in [-0.1, -0.05) is 0 Å². The van der Waals surface area contributed by atoms with Gasteiger partial charge >= 0.3 is 0 Å². The van der Waals surface area contributed by atoms with E-state index >= 15 is 0 Å². The number of hydrogen-bond donors (Lipinski definition) is 1. The third kappa shape index (κ3) is 3.60. The van der Waals surface area contributed by atoms with E-state index in [1.54, 1.807) is 41.3 Å². The maximum Gasteiger partial charge on any atom is 0.291 e. The van der Waals surface area contributed by atoms with Crippen molar-refractivity contribution in [2.75, 3.05) is 25.0 Å². The molecule has 23 heavy (non-hydrogen) atoms. The molecule has 0 aliphatic carbocycles. The first-order chi connectivity index (χ1) is 11.1. The van der Waals surface area contributed by atoms with Gasteiger partial charge < -0.3 is 19.4 Å². The zero-order chi connectivity index (χ0) is 16.2. The Kier molecular flexibility index (Phi) is 4.43. The normalized spacial score (nSPS) is 17.8. The van der Waals surface area contributed by atoms with Crippen LogP contribution in [0.1, 0.15) is 27.8 Å². The average Bonchev–Trinajstić information content (AvgIpc) is 3.09. The van der Waals surface area contributed by atoms with Crippen LogP contribution in [0.4, 0.5) is 5.69 Å². The van der Waals surface area contributed by atoms with Crippen molar-refractivity contribution < 1.29 is 18.7 Å². The van der Waals surface area contributed by atoms with Gasteiger partial charge in [-0.3, -0.25) is 9.59 Å². The van der Waals surface area contributed by atoms with Crippen molar-refractivity contribution in [1.29, 1.82) is 0 Å². The fourth-order valence-electron chi connectivity index (χ4n) is 2.48. The van der Waals surface area contributed by atoms with Crippen LogP contribution < -0.4 is 5.32 Å². The number of carbonyl (C=O) groups is 2. The Hall–Kier alpha value is -2.60. The second kappa shape index (κ2) is 6.66. The van der Waals surface area contributed by atoms with Gasteiger partial charge in [-0.2, -0.15) is 0 Å². The summed E-state index contributed by atoms with van der Waals surface area (Å²) in [6.07, 6.45) is 1.50. The van der Waals surface area contributed by atoms with E-state index in [2.05, 4.69) is 5.32 Å². The lowest BCUT2D eigenvalue weighted by Gasteiger charge is -2.31. The van der Waals surface area contributed by atoms with Crippen LogP contribution in [0.15, 0.2) is 47.1 Å². The molecule has 0 saturated carbocycles. The van der Waals surface area contributed by atoms with Crippen LogP contribution in [0, 0.1) is 0 Å². The molecule has 6 heteroatoms. The molecule has 1 aromatic heterocycles. The summed E-state index contributed by atoms with van der Waals surface area (Å²) in [5.41, 5.74) is 1.20. The molecule has 3 rings (SSSR count). The molecule has 2 heterocycles. The van der Waals surface area contributed by atoms with E-state index in [0.29, 0.717) is 30.9 Å². The zero-order valence-corrected chi connectivity index (χ0v) is 12.8. The lowest BCUT2D eigenvalue weighted by molar-refractivity contribution is -0.0124. The first-order valence-electron chi connectivity index (χ1n) is 7.49. The summed E-state index contributed by atoms with van der Waals surface area (Å²) in [6, 6.07) is 10.1. The van der Waals surface area contributed by atoms with E-state index in [1.165, 1.54) is 6.26 Å². The topological polar surface area (TPSA) is 71.8 Å². The van der Waals surface area contributed by atoms with Crippen LogP contribution in [0.25, 0.3) is 0 Å². The number of anilines is 1. The molecule has 1 aromatic carbocycles. The summed E-state index contributed by atoms with van der Waals surface area (Å²) < 4.78 is 10.5. The Morgan fingerprint density at radius 2 is 2.00 bits per heavy atom. The second-order valence-electron chi connectivity index (χ2n) is 5.44. The number of ether oxygens (including phenoxy) is 1. The lowest BCUT2D eigenvalue weighted by Crippen LogP contribution is -2.44. The summed E-state index contributed by atoms with van der Waals surface area (Å²) in [6.45, 7) is 3.70. The lowest BCUT2D eigenvalue weighted by atomic mass is 10.1. The summed E-state index contributed by atoms with van der Waals surface area (Å²) in [4.78, 5) is 26.1. The largest absolute Gasteiger partial charge is 0.459 e. The minimum atomic E-state index is -0.323. The second-order valence-corrected chi connectivity index (χ2v) is 5.44. The molecule has 0 radical (unpaired) electrons. The highest BCUT2D eigenvalue weighted by Gasteiger charge is 2.22. The number of furan rings is 1. The SMILES string of the molecule is CC1CN(C(=O)c2ccc(NC(=O)c3ccco3)cc2)CCO1. The molecule has 1 N–H and O–H groups in total. The van der Waals surface area contributed by atoms with Gasteiger partial charge in [0.25, 0.3) is 11.8 Å². The van der Waals surface area contributed by atoms with Crippen molar-refractivity contribution in [3.05, 3.63) is 54.0 Å². The van der Waals surface area contributed by atoms with Gasteiger partial charge in [0.15, 0.2) is 5.76 Å². The third-order valence-electron chi connectivity index (χ3n) is 3.66. The van der Waals surface area contributed by atoms with Gasteiger partial charge in [-0.05, 0) is 43.3 Å². The maximum atomic E-state index is 12.4. The molecule has 6 nitrogen and oxygen atoms in total. The highest BCUT2D eigenvalue weighted by molar-refractivity contribution is 6.02. The van der Waals surface area contributed by atoms with Crippen LogP contribution in [0.3, 0.4) is 0 Å². The van der Waals surface area contributed by atoms with Crippen molar-refractivity contribution in [1.82, 2.24) is 4.90 Å². The van der Waals surface area contributed by atoms with Gasteiger partial charge in [0, 0.05) is 24.3 Å². The molecule has 1 atom stereocenters. The number of nitrogens with one attached hydrogen (secondary N) is 1. The molecular formula is C17H18N2O4. The Bertz CT molecular complexity index is 679. The summed E-state index contributed by atoms with van der Waals surface area (Å²) in [5.74, 6) is -0.104. The maximum absolute atomic E-state index is 12.4. The third-order valence-corrected chi connectivity index (χ3v) is 3.66. The van der Waals surface area contributed by atoms with E-state index in [4.69, 9.17) is 9.15 Å². The molecule has 2 aromatic rings. The monoisotopic (exact) mass is 314 g/mol. The van der Waals surface area contributed by atoms with Crippen molar-refractivity contribution in [2.45, 2.75) is 13.0 Å². The van der Waals surface area contributed by atoms with Crippen molar-refractivity contribution in [3.63, 3.8) is 0 Å². The highest BCUT2D eigenvalue weighted by Crippen LogP contribution is 2.15. The molecule has 1 unspecified atom stereocenters. The fourth-order valence-corrected chi connectivity index (χ4v) is 2.48. The molecule has 0 bridgehead atoms. The van der Waals surface area contributed by atoms with E-state index in [-0.39, 0.29) is 23.7 Å². The Morgan fingerprint density at radius 3 is 2.65 bits per heavy atom. The predicted octanol–water partition coefficient (Wildman–Crippen LogP) is 2.39. The zero-order valence-electron chi connectivity index (χ0n) is 12.8. The van der Waals surface area contributed by atoms with Crippen molar-refractivity contribution in [2.24, 2.45) is 0 Å². The summed E-state index contributed by atoms with van der Waals surface area (Å²) in [5, 5.41) is 2.72. The van der Waals surface area contributed by atoms with Crippen LogP contribution >= 0.6 is 0 Å². The van der Waals surface area contributed by atoms with Gasteiger partial charge in [-0.15, -0.1) is 0 Å². The van der Waals surface area contributed by atoms with Crippen LogP contribution in [0.5, 0.6) is 0 Å². The minimum Gasteiger partial charge on any atom is -0.459 e. The van der Waals surface area contributed by atoms with Gasteiger partial charge in [-0.25, -0.2) is 0 Å². The smallest absolute Gasteiger partial charge is 0.291 e. The van der Waals surface area contributed by atoms with E-state index in [1.807, 2.05) is 6.92 Å². The fraction of sp³-hybridized carbons (Fsp3) is 0.294. The quantitative estimate of drug-likeness (QED) is 0.944. The number of benzene rings is 1. The standard InChI is InChI=1S/C17H18N2O4/c1-12-11-19(8-10-22-12)17(21)13-4-6-14(7-5-13)18-16(20)15-3-2-9-23-15/h2-7,9,12H,8,10-11H2,1H3,(H,18,20). The molecule has 2 amide bonds. The molecular weight excluding hydrogens is 296 g/mol. The Labute approximate surface area is 134 Å². The first kappa shape index (κ1) is 15.3. The molecule has 1 aliphatic heterocycles. The van der Waals surface area contributed by atoms with Crippen LogP contribution in [0.2, 0.25) is 0 Å². The number of nitrogens with zero attached hydrogens (tertiary/aromatic N) is 1. The van der Waals surface area contributed by atoms with E-state index in [0.717, 1.165) is 0 Å². The molecule has 0 spiro atoms. The van der Waals surface area contributed by atoms with Gasteiger partial charge in [0.2, 0.25) is 0 Å². The van der Waals surface area contributed by atoms with Crippen molar-refractivity contribution in [3.8, 4) is 0 Å². The molecule has 120 valence electrons. The molecule has 1 saturated heterocycles. The predicted molar refractivity (Wildman–Crippen MR) is 84.4 cm³/mol. The number of carbonyl (C=O) groups excluding carboxylic acids is 2. The number of morpholine rings is 1. The van der Waals surface area contributed by atoms with Crippen LogP contribution in [-0.2, 0) is 4.74 Å². The van der Waals surface area contributed by atoms with Crippen LogP contribution in [-0.4, -0.2) is 42.5 Å². The minimum absolute atomic E-state index is 0.0240. The molecule has 1 fully saturated rings. The van der Waals surface area contributed by atoms with E-state index < -0.39 is 0 Å². The number of hydrogen-bond acceptors (Lipinski definition) is 4. The highest BCUT2D eigenvalue weighted by atomic mass is 16.5. The van der Waals surface area contributed by atoms with Gasteiger partial charge in [0.1, 0.15) is 0 Å². The first-order valence-corrected chi connectivity index (χ1v) is 7.49. The van der Waals surface area contributed by atoms with E-state index in [9.17, 15) is 9.59 Å². The Balaban J connectivity index is 1.64. The summed E-state index contributed by atoms with van der Waals surface area (Å²) >= 11 is 0. The van der Waals surface area contributed by atoms with Crippen molar-refractivity contribution >= 4 is 17.5 Å².